The van der Waals surface area contributed by atoms with E-state index >= 15 is 0 Å². The van der Waals surface area contributed by atoms with Crippen LogP contribution in [0.4, 0.5) is 18.0 Å². The molecule has 0 unspecified atom stereocenters. The SMILES string of the molecule is CCCc1nc(-c2ccc(Cn3c(CC)nc4c(C)cc(C)nc43)cc2)c(S(=O)(=O)NC(=O)OCCCC(F)(F)F)s1. The number of fused-ring (bicyclic) bond motifs is 1. The van der Waals surface area contributed by atoms with Gasteiger partial charge in [0, 0.05) is 24.1 Å². The first-order chi connectivity index (χ1) is 19.8. The van der Waals surface area contributed by atoms with E-state index in [1.165, 1.54) is 0 Å². The van der Waals surface area contributed by atoms with E-state index in [1.54, 1.807) is 16.9 Å². The number of carbonyl (C=O) groups excluding carboxylic acids is 1. The highest BCUT2D eigenvalue weighted by molar-refractivity contribution is 7.92. The molecule has 0 radical (unpaired) electrons. The van der Waals surface area contributed by atoms with Gasteiger partial charge in [-0.2, -0.15) is 13.2 Å². The maximum atomic E-state index is 13.1. The molecule has 3 aromatic heterocycles. The minimum Gasteiger partial charge on any atom is -0.449 e. The lowest BCUT2D eigenvalue weighted by Crippen LogP contribution is -2.31. The van der Waals surface area contributed by atoms with E-state index in [9.17, 15) is 26.4 Å². The number of nitrogens with zero attached hydrogens (tertiary/aromatic N) is 4. The second-order valence-corrected chi connectivity index (χ2v) is 12.8. The number of nitrogens with one attached hydrogen (secondary N) is 1. The van der Waals surface area contributed by atoms with Crippen LogP contribution in [0.3, 0.4) is 0 Å². The smallest absolute Gasteiger partial charge is 0.421 e. The lowest BCUT2D eigenvalue weighted by Gasteiger charge is -2.10. The highest BCUT2D eigenvalue weighted by Crippen LogP contribution is 2.33. The van der Waals surface area contributed by atoms with Crippen LogP contribution in [0.25, 0.3) is 22.4 Å². The van der Waals surface area contributed by atoms with Crippen molar-refractivity contribution >= 4 is 38.6 Å². The third kappa shape index (κ3) is 7.46. The number of ether oxygens (including phenoxy) is 1. The molecule has 0 saturated carbocycles. The van der Waals surface area contributed by atoms with E-state index in [0.717, 1.165) is 58.0 Å². The average molecular weight is 624 g/mol. The van der Waals surface area contributed by atoms with Crippen LogP contribution < -0.4 is 4.72 Å². The molecule has 0 spiro atoms. The molecular weight excluding hydrogens is 591 g/mol. The second kappa shape index (κ2) is 12.8. The standard InChI is InChI=1S/C28H32F3N5O4S2/c1-5-8-22-34-24(26(41-22)42(38,39)35-27(37)40-14-7-13-28(29,30)31)20-11-9-19(10-12-20)16-36-21(6-2)33-23-17(3)15-18(4)32-25(23)36/h9-12,15H,5-8,13-14,16H2,1-4H3,(H,35,37). The van der Waals surface area contributed by atoms with Crippen LogP contribution in [0.15, 0.2) is 34.5 Å². The molecule has 0 aliphatic rings. The molecule has 0 aliphatic carbocycles. The number of aromatic nitrogens is 4. The number of amides is 1. The van der Waals surface area contributed by atoms with Crippen molar-refractivity contribution in [2.45, 2.75) is 76.7 Å². The van der Waals surface area contributed by atoms with Gasteiger partial charge >= 0.3 is 12.3 Å². The molecular formula is C28H32F3N5O4S2. The summed E-state index contributed by atoms with van der Waals surface area (Å²) >= 11 is 0.938. The zero-order valence-corrected chi connectivity index (χ0v) is 25.3. The van der Waals surface area contributed by atoms with Crippen LogP contribution in [-0.4, -0.2) is 46.8 Å². The fourth-order valence-corrected chi connectivity index (χ4v) is 7.05. The number of aryl methyl sites for hydroxylation is 4. The molecule has 3 heterocycles. The minimum atomic E-state index is -4.41. The fourth-order valence-electron chi connectivity index (χ4n) is 4.49. The Morgan fingerprint density at radius 1 is 1.10 bits per heavy atom. The number of alkyl halides is 3. The normalized spacial score (nSPS) is 12.2. The Morgan fingerprint density at radius 3 is 2.45 bits per heavy atom. The van der Waals surface area contributed by atoms with Crippen molar-refractivity contribution in [1.82, 2.24) is 24.2 Å². The molecule has 14 heteroatoms. The minimum absolute atomic E-state index is 0.171. The molecule has 0 bridgehead atoms. The highest BCUT2D eigenvalue weighted by atomic mass is 32.2. The van der Waals surface area contributed by atoms with E-state index in [4.69, 9.17) is 9.97 Å². The largest absolute Gasteiger partial charge is 0.449 e. The molecule has 1 amide bonds. The zero-order valence-electron chi connectivity index (χ0n) is 23.7. The van der Waals surface area contributed by atoms with Crippen molar-refractivity contribution in [2.75, 3.05) is 6.61 Å². The third-order valence-corrected chi connectivity index (χ3v) is 9.32. The maximum Gasteiger partial charge on any atom is 0.421 e. The number of rotatable bonds is 11. The number of hydrogen-bond donors (Lipinski definition) is 1. The summed E-state index contributed by atoms with van der Waals surface area (Å²) in [7, 11) is -4.41. The number of imidazole rings is 1. The van der Waals surface area contributed by atoms with Crippen molar-refractivity contribution < 1.29 is 31.1 Å². The van der Waals surface area contributed by atoms with Crippen molar-refractivity contribution in [1.29, 1.82) is 0 Å². The van der Waals surface area contributed by atoms with E-state index < -0.39 is 41.7 Å². The second-order valence-electron chi connectivity index (χ2n) is 9.87. The van der Waals surface area contributed by atoms with Gasteiger partial charge in [-0.3, -0.25) is 0 Å². The predicted octanol–water partition coefficient (Wildman–Crippen LogP) is 6.49. The Morgan fingerprint density at radius 2 is 1.81 bits per heavy atom. The zero-order chi connectivity index (χ0) is 30.7. The van der Waals surface area contributed by atoms with Gasteiger partial charge in [0.1, 0.15) is 17.0 Å². The summed E-state index contributed by atoms with van der Waals surface area (Å²) in [6.07, 6.45) is -5.37. The molecule has 0 atom stereocenters. The van der Waals surface area contributed by atoms with Crippen molar-refractivity contribution in [3.8, 4) is 11.3 Å². The molecule has 0 fully saturated rings. The van der Waals surface area contributed by atoms with E-state index in [2.05, 4.69) is 14.3 Å². The summed E-state index contributed by atoms with van der Waals surface area (Å²) in [4.78, 5) is 26.1. The topological polar surface area (TPSA) is 116 Å². The molecule has 42 heavy (non-hydrogen) atoms. The lowest BCUT2D eigenvalue weighted by molar-refractivity contribution is -0.137. The van der Waals surface area contributed by atoms with Crippen LogP contribution in [0, 0.1) is 13.8 Å². The molecule has 4 aromatic rings. The Bertz CT molecular complexity index is 1680. The van der Waals surface area contributed by atoms with Crippen LogP contribution >= 0.6 is 11.3 Å². The fraction of sp³-hybridized carbons (Fsp3) is 0.429. The summed E-state index contributed by atoms with van der Waals surface area (Å²) in [5, 5.41) is 0.574. The van der Waals surface area contributed by atoms with Gasteiger partial charge in [0.25, 0.3) is 10.0 Å². The Balaban J connectivity index is 1.57. The summed E-state index contributed by atoms with van der Waals surface area (Å²) in [5.41, 5.74) is 5.29. The van der Waals surface area contributed by atoms with Gasteiger partial charge in [0.2, 0.25) is 0 Å². The first-order valence-corrected chi connectivity index (χ1v) is 15.8. The number of carbonyl (C=O) groups is 1. The Hall–Kier alpha value is -3.52. The van der Waals surface area contributed by atoms with Crippen LogP contribution in [-0.2, 0) is 34.1 Å². The molecule has 0 aliphatic heterocycles. The molecule has 0 saturated heterocycles. The first kappa shape index (κ1) is 31.4. The lowest BCUT2D eigenvalue weighted by atomic mass is 10.1. The number of hydrogen-bond acceptors (Lipinski definition) is 8. The molecule has 1 N–H and O–H groups in total. The number of benzene rings is 1. The van der Waals surface area contributed by atoms with Gasteiger partial charge < -0.3 is 9.30 Å². The van der Waals surface area contributed by atoms with E-state index in [1.807, 2.05) is 45.9 Å². The molecule has 226 valence electrons. The molecule has 4 rings (SSSR count). The Labute approximate surface area is 246 Å². The van der Waals surface area contributed by atoms with Gasteiger partial charge in [-0.15, -0.1) is 11.3 Å². The van der Waals surface area contributed by atoms with Crippen molar-refractivity contribution in [3.63, 3.8) is 0 Å². The average Bonchev–Trinajstić information content (AvgIpc) is 3.49. The number of halogens is 3. The number of sulfonamides is 1. The van der Waals surface area contributed by atoms with E-state index in [0.29, 0.717) is 23.5 Å². The molecule has 1 aromatic carbocycles. The predicted molar refractivity (Wildman–Crippen MR) is 154 cm³/mol. The van der Waals surface area contributed by atoms with Crippen LogP contribution in [0.1, 0.15) is 60.8 Å². The van der Waals surface area contributed by atoms with Gasteiger partial charge in [-0.05, 0) is 50.3 Å². The van der Waals surface area contributed by atoms with Crippen molar-refractivity contribution in [3.05, 3.63) is 58.0 Å². The van der Waals surface area contributed by atoms with Gasteiger partial charge in [0.15, 0.2) is 9.86 Å². The van der Waals surface area contributed by atoms with Gasteiger partial charge in [0.05, 0.1) is 18.2 Å². The summed E-state index contributed by atoms with van der Waals surface area (Å²) in [6, 6.07) is 9.29. The quantitative estimate of drug-likeness (QED) is 0.190. The third-order valence-electron chi connectivity index (χ3n) is 6.39. The summed E-state index contributed by atoms with van der Waals surface area (Å²) < 4.78 is 71.6. The summed E-state index contributed by atoms with van der Waals surface area (Å²) in [5.74, 6) is 0.906. The van der Waals surface area contributed by atoms with Crippen LogP contribution in [0.5, 0.6) is 0 Å². The monoisotopic (exact) mass is 623 g/mol. The van der Waals surface area contributed by atoms with Crippen molar-refractivity contribution in [2.24, 2.45) is 0 Å². The Kier molecular flexibility index (Phi) is 9.56. The number of pyridine rings is 1. The first-order valence-electron chi connectivity index (χ1n) is 13.5. The number of thiazole rings is 1. The van der Waals surface area contributed by atoms with Gasteiger partial charge in [-0.1, -0.05) is 38.1 Å². The maximum absolute atomic E-state index is 13.1. The van der Waals surface area contributed by atoms with Crippen LogP contribution in [0.2, 0.25) is 0 Å². The molecule has 9 nitrogen and oxygen atoms in total. The van der Waals surface area contributed by atoms with E-state index in [-0.39, 0.29) is 9.90 Å². The summed E-state index contributed by atoms with van der Waals surface area (Å²) in [6.45, 7) is 7.87. The van der Waals surface area contributed by atoms with Gasteiger partial charge in [-0.25, -0.2) is 32.9 Å². The highest BCUT2D eigenvalue weighted by Gasteiger charge is 2.29.